The molecule has 1 aromatic carbocycles. The number of halogens is 1. The van der Waals surface area contributed by atoms with E-state index in [0.29, 0.717) is 27.9 Å². The monoisotopic (exact) mass is 324 g/mol. The van der Waals surface area contributed by atoms with Gasteiger partial charge < -0.3 is 15.8 Å². The number of thiophene rings is 1. The first-order valence-electron chi connectivity index (χ1n) is 6.59. The summed E-state index contributed by atoms with van der Waals surface area (Å²) in [4.78, 5) is 13.2. The van der Waals surface area contributed by atoms with Crippen LogP contribution in [0.25, 0.3) is 0 Å². The molecule has 3 N–H and O–H groups in total. The van der Waals surface area contributed by atoms with Crippen molar-refractivity contribution < 1.29 is 9.53 Å². The average molecular weight is 325 g/mol. The van der Waals surface area contributed by atoms with E-state index in [9.17, 15) is 4.79 Å². The number of rotatable bonds is 5. The van der Waals surface area contributed by atoms with E-state index in [0.717, 1.165) is 4.88 Å². The fourth-order valence-corrected chi connectivity index (χ4v) is 2.95. The van der Waals surface area contributed by atoms with Gasteiger partial charge in [0, 0.05) is 10.4 Å². The molecule has 1 heterocycles. The summed E-state index contributed by atoms with van der Waals surface area (Å²) in [6.07, 6.45) is 0. The second-order valence-electron chi connectivity index (χ2n) is 4.52. The standard InChI is InChI=1S/C15H17ClN2O2S/c1-3-20-12-5-4-10(8-11(12)17)15(19)18-9(2)13-6-7-14(16)21-13/h4-9H,3,17H2,1-2H3,(H,18,19). The molecule has 1 unspecified atom stereocenters. The Morgan fingerprint density at radius 1 is 1.43 bits per heavy atom. The molecule has 2 rings (SSSR count). The highest BCUT2D eigenvalue weighted by Crippen LogP contribution is 2.27. The molecule has 21 heavy (non-hydrogen) atoms. The van der Waals surface area contributed by atoms with Crippen LogP contribution in [0.1, 0.15) is 35.1 Å². The summed E-state index contributed by atoms with van der Waals surface area (Å²) >= 11 is 7.35. The molecule has 0 aliphatic carbocycles. The number of nitrogens with two attached hydrogens (primary N) is 1. The van der Waals surface area contributed by atoms with Crippen LogP contribution in [0.2, 0.25) is 4.34 Å². The fourth-order valence-electron chi connectivity index (χ4n) is 1.89. The zero-order valence-corrected chi connectivity index (χ0v) is 13.4. The number of hydrogen-bond donors (Lipinski definition) is 2. The Kier molecular flexibility index (Phi) is 5.09. The maximum atomic E-state index is 12.2. The van der Waals surface area contributed by atoms with Crippen LogP contribution >= 0.6 is 22.9 Å². The Labute approximate surface area is 132 Å². The molecule has 0 saturated heterocycles. The van der Waals surface area contributed by atoms with Crippen LogP contribution in [0.3, 0.4) is 0 Å². The number of carbonyl (C=O) groups excluding carboxylic acids is 1. The van der Waals surface area contributed by atoms with Gasteiger partial charge >= 0.3 is 0 Å². The van der Waals surface area contributed by atoms with E-state index in [1.54, 1.807) is 18.2 Å². The molecule has 0 radical (unpaired) electrons. The zero-order valence-electron chi connectivity index (χ0n) is 11.9. The highest BCUT2D eigenvalue weighted by atomic mass is 35.5. The van der Waals surface area contributed by atoms with Crippen LogP contribution in [0.15, 0.2) is 30.3 Å². The van der Waals surface area contributed by atoms with E-state index < -0.39 is 0 Å². The van der Waals surface area contributed by atoms with Crippen LogP contribution in [0.5, 0.6) is 5.75 Å². The molecule has 0 aliphatic heterocycles. The van der Waals surface area contributed by atoms with Crippen LogP contribution in [-0.4, -0.2) is 12.5 Å². The van der Waals surface area contributed by atoms with Crippen molar-refractivity contribution in [3.8, 4) is 5.75 Å². The molecule has 6 heteroatoms. The lowest BCUT2D eigenvalue weighted by molar-refractivity contribution is 0.0940. The third kappa shape index (κ3) is 3.89. The first kappa shape index (κ1) is 15.7. The number of carbonyl (C=O) groups is 1. The van der Waals surface area contributed by atoms with Crippen molar-refractivity contribution in [2.24, 2.45) is 0 Å². The molecule has 0 bridgehead atoms. The van der Waals surface area contributed by atoms with Crippen LogP contribution in [0, 0.1) is 0 Å². The Hall–Kier alpha value is -1.72. The van der Waals surface area contributed by atoms with E-state index in [2.05, 4.69) is 5.32 Å². The molecule has 0 fully saturated rings. The largest absolute Gasteiger partial charge is 0.492 e. The highest BCUT2D eigenvalue weighted by Gasteiger charge is 2.14. The van der Waals surface area contributed by atoms with Gasteiger partial charge in [-0.1, -0.05) is 11.6 Å². The molecular formula is C15H17ClN2O2S. The summed E-state index contributed by atoms with van der Waals surface area (Å²) in [6, 6.07) is 8.64. The van der Waals surface area contributed by atoms with Gasteiger partial charge in [0.25, 0.3) is 5.91 Å². The van der Waals surface area contributed by atoms with Gasteiger partial charge in [0.2, 0.25) is 0 Å². The minimum Gasteiger partial charge on any atom is -0.492 e. The van der Waals surface area contributed by atoms with Crippen LogP contribution in [-0.2, 0) is 0 Å². The van der Waals surface area contributed by atoms with Crippen molar-refractivity contribution in [3.63, 3.8) is 0 Å². The van der Waals surface area contributed by atoms with E-state index in [1.165, 1.54) is 11.3 Å². The second kappa shape index (κ2) is 6.83. The maximum Gasteiger partial charge on any atom is 0.251 e. The van der Waals surface area contributed by atoms with Crippen LogP contribution < -0.4 is 15.8 Å². The summed E-state index contributed by atoms with van der Waals surface area (Å²) in [7, 11) is 0. The molecule has 0 aliphatic rings. The molecule has 112 valence electrons. The molecule has 1 atom stereocenters. The van der Waals surface area contributed by atoms with Crippen molar-refractivity contribution in [1.82, 2.24) is 5.32 Å². The Morgan fingerprint density at radius 3 is 2.76 bits per heavy atom. The number of ether oxygens (including phenoxy) is 1. The molecule has 1 aromatic heterocycles. The van der Waals surface area contributed by atoms with Gasteiger partial charge in [-0.25, -0.2) is 0 Å². The summed E-state index contributed by atoms with van der Waals surface area (Å²) in [5.41, 5.74) is 6.83. The second-order valence-corrected chi connectivity index (χ2v) is 6.27. The van der Waals surface area contributed by atoms with Crippen molar-refractivity contribution in [1.29, 1.82) is 0 Å². The van der Waals surface area contributed by atoms with Crippen molar-refractivity contribution in [2.45, 2.75) is 19.9 Å². The van der Waals surface area contributed by atoms with Gasteiger partial charge in [0.15, 0.2) is 0 Å². The van der Waals surface area contributed by atoms with E-state index in [1.807, 2.05) is 26.0 Å². The zero-order chi connectivity index (χ0) is 15.4. The summed E-state index contributed by atoms with van der Waals surface area (Å²) in [5.74, 6) is 0.411. The van der Waals surface area contributed by atoms with Crippen molar-refractivity contribution >= 4 is 34.5 Å². The minimum atomic E-state index is -0.179. The maximum absolute atomic E-state index is 12.2. The van der Waals surface area contributed by atoms with E-state index in [4.69, 9.17) is 22.1 Å². The molecule has 0 saturated carbocycles. The van der Waals surface area contributed by atoms with Gasteiger partial charge in [-0.2, -0.15) is 0 Å². The Bertz CT molecular complexity index is 642. The van der Waals surface area contributed by atoms with E-state index >= 15 is 0 Å². The number of hydrogen-bond acceptors (Lipinski definition) is 4. The van der Waals surface area contributed by atoms with E-state index in [-0.39, 0.29) is 11.9 Å². The van der Waals surface area contributed by atoms with Gasteiger partial charge in [-0.05, 0) is 44.2 Å². The topological polar surface area (TPSA) is 64.3 Å². The molecular weight excluding hydrogens is 308 g/mol. The Balaban J connectivity index is 2.08. The number of anilines is 1. The SMILES string of the molecule is CCOc1ccc(C(=O)NC(C)c2ccc(Cl)s2)cc1N. The summed E-state index contributed by atoms with van der Waals surface area (Å²) in [6.45, 7) is 4.33. The number of amides is 1. The normalized spacial score (nSPS) is 12.0. The van der Waals surface area contributed by atoms with Crippen molar-refractivity contribution in [2.75, 3.05) is 12.3 Å². The third-order valence-corrected chi connectivity index (χ3v) is 4.35. The van der Waals surface area contributed by atoms with Crippen molar-refractivity contribution in [3.05, 3.63) is 45.1 Å². The number of nitrogens with one attached hydrogen (secondary N) is 1. The molecule has 2 aromatic rings. The predicted octanol–water partition coefficient (Wildman–Crippen LogP) is 3.87. The van der Waals surface area contributed by atoms with Gasteiger partial charge in [0.05, 0.1) is 22.7 Å². The van der Waals surface area contributed by atoms with Gasteiger partial charge in [-0.15, -0.1) is 11.3 Å². The van der Waals surface area contributed by atoms with Crippen LogP contribution in [0.4, 0.5) is 5.69 Å². The molecule has 1 amide bonds. The quantitative estimate of drug-likeness (QED) is 0.820. The first-order valence-corrected chi connectivity index (χ1v) is 7.79. The highest BCUT2D eigenvalue weighted by molar-refractivity contribution is 7.16. The first-order chi connectivity index (χ1) is 10.0. The fraction of sp³-hybridized carbons (Fsp3) is 0.267. The van der Waals surface area contributed by atoms with Gasteiger partial charge in [0.1, 0.15) is 5.75 Å². The smallest absolute Gasteiger partial charge is 0.251 e. The lowest BCUT2D eigenvalue weighted by Crippen LogP contribution is -2.26. The number of nitrogen functional groups attached to an aromatic ring is 1. The van der Waals surface area contributed by atoms with Gasteiger partial charge in [-0.3, -0.25) is 4.79 Å². The average Bonchev–Trinajstić information content (AvgIpc) is 2.88. The lowest BCUT2D eigenvalue weighted by Gasteiger charge is -2.13. The molecule has 0 spiro atoms. The molecule has 4 nitrogen and oxygen atoms in total. The summed E-state index contributed by atoms with van der Waals surface area (Å²) < 4.78 is 6.06. The third-order valence-electron chi connectivity index (χ3n) is 2.94. The lowest BCUT2D eigenvalue weighted by atomic mass is 10.1. The number of benzene rings is 1. The minimum absolute atomic E-state index is 0.109. The predicted molar refractivity (Wildman–Crippen MR) is 87.2 cm³/mol. The Morgan fingerprint density at radius 2 is 2.19 bits per heavy atom. The summed E-state index contributed by atoms with van der Waals surface area (Å²) in [5, 5.41) is 2.92.